The zero-order chi connectivity index (χ0) is 14.0. The second-order valence-electron chi connectivity index (χ2n) is 6.45. The van der Waals surface area contributed by atoms with Gasteiger partial charge in [0.2, 0.25) is 0 Å². The topological polar surface area (TPSA) is 32.5 Å². The van der Waals surface area contributed by atoms with E-state index in [1.54, 1.807) is 0 Å². The van der Waals surface area contributed by atoms with Gasteiger partial charge in [0.05, 0.1) is 0 Å². The van der Waals surface area contributed by atoms with Gasteiger partial charge in [0, 0.05) is 44.0 Å². The molecular formula is C17H27N3. The first-order valence-corrected chi connectivity index (χ1v) is 8.00. The second kappa shape index (κ2) is 5.74. The molecule has 1 heterocycles. The van der Waals surface area contributed by atoms with Crippen LogP contribution >= 0.6 is 0 Å². The van der Waals surface area contributed by atoms with E-state index in [9.17, 15) is 0 Å². The quantitative estimate of drug-likeness (QED) is 0.918. The minimum absolute atomic E-state index is 0.318. The molecule has 1 aliphatic carbocycles. The Hall–Kier alpha value is -1.06. The molecule has 110 valence electrons. The van der Waals surface area contributed by atoms with Gasteiger partial charge in [-0.25, -0.2) is 0 Å². The van der Waals surface area contributed by atoms with Crippen LogP contribution in [0.5, 0.6) is 0 Å². The molecule has 1 aromatic rings. The van der Waals surface area contributed by atoms with Crippen molar-refractivity contribution in [2.24, 2.45) is 5.73 Å². The highest BCUT2D eigenvalue weighted by Crippen LogP contribution is 2.35. The fourth-order valence-corrected chi connectivity index (χ4v) is 3.95. The molecular weight excluding hydrogens is 246 g/mol. The van der Waals surface area contributed by atoms with E-state index in [0.717, 1.165) is 32.7 Å². The maximum absolute atomic E-state index is 6.11. The van der Waals surface area contributed by atoms with Crippen molar-refractivity contribution >= 4 is 5.69 Å². The number of aryl methyl sites for hydroxylation is 1. The Labute approximate surface area is 122 Å². The molecule has 1 aromatic carbocycles. The van der Waals surface area contributed by atoms with Crippen LogP contribution < -0.4 is 10.6 Å². The van der Waals surface area contributed by atoms with Crippen molar-refractivity contribution < 1.29 is 0 Å². The Bertz CT molecular complexity index is 443. The summed E-state index contributed by atoms with van der Waals surface area (Å²) in [6, 6.07) is 8.86. The van der Waals surface area contributed by atoms with E-state index in [0.29, 0.717) is 5.54 Å². The maximum Gasteiger partial charge on any atom is 0.0369 e. The first-order valence-electron chi connectivity index (χ1n) is 8.00. The van der Waals surface area contributed by atoms with E-state index in [1.807, 2.05) is 0 Å². The zero-order valence-corrected chi connectivity index (χ0v) is 12.6. The van der Waals surface area contributed by atoms with Crippen LogP contribution in [0, 0.1) is 6.92 Å². The number of benzene rings is 1. The van der Waals surface area contributed by atoms with Crippen molar-refractivity contribution in [1.82, 2.24) is 4.90 Å². The summed E-state index contributed by atoms with van der Waals surface area (Å²) in [5.41, 5.74) is 9.15. The summed E-state index contributed by atoms with van der Waals surface area (Å²) in [5.74, 6) is 0. The van der Waals surface area contributed by atoms with Gasteiger partial charge >= 0.3 is 0 Å². The van der Waals surface area contributed by atoms with E-state index in [-0.39, 0.29) is 0 Å². The molecule has 2 fully saturated rings. The van der Waals surface area contributed by atoms with Crippen molar-refractivity contribution in [2.45, 2.75) is 38.1 Å². The Morgan fingerprint density at radius 3 is 2.40 bits per heavy atom. The molecule has 3 rings (SSSR count). The fraction of sp³-hybridized carbons (Fsp3) is 0.647. The van der Waals surface area contributed by atoms with Gasteiger partial charge < -0.3 is 10.6 Å². The third-order valence-electron chi connectivity index (χ3n) is 5.23. The van der Waals surface area contributed by atoms with Crippen molar-refractivity contribution in [3.8, 4) is 0 Å². The summed E-state index contributed by atoms with van der Waals surface area (Å²) in [6.07, 6.45) is 5.31. The molecule has 0 aromatic heterocycles. The van der Waals surface area contributed by atoms with Crippen molar-refractivity contribution in [1.29, 1.82) is 0 Å². The molecule has 2 aliphatic rings. The highest BCUT2D eigenvalue weighted by molar-refractivity contribution is 5.48. The first kappa shape index (κ1) is 13.9. The summed E-state index contributed by atoms with van der Waals surface area (Å²) in [4.78, 5) is 5.19. The lowest BCUT2D eigenvalue weighted by Crippen LogP contribution is -2.59. The van der Waals surface area contributed by atoms with Crippen LogP contribution in [-0.2, 0) is 0 Å². The first-order chi connectivity index (χ1) is 9.73. The Morgan fingerprint density at radius 2 is 1.80 bits per heavy atom. The molecule has 0 unspecified atom stereocenters. The number of piperazine rings is 1. The summed E-state index contributed by atoms with van der Waals surface area (Å²) in [6.45, 7) is 7.58. The Morgan fingerprint density at radius 1 is 1.10 bits per heavy atom. The fourth-order valence-electron chi connectivity index (χ4n) is 3.95. The van der Waals surface area contributed by atoms with E-state index < -0.39 is 0 Å². The van der Waals surface area contributed by atoms with Gasteiger partial charge in [-0.1, -0.05) is 25.0 Å². The predicted molar refractivity (Wildman–Crippen MR) is 85.2 cm³/mol. The molecule has 1 saturated heterocycles. The number of hydrogen-bond donors (Lipinski definition) is 1. The third kappa shape index (κ3) is 2.57. The molecule has 3 nitrogen and oxygen atoms in total. The summed E-state index contributed by atoms with van der Waals surface area (Å²) >= 11 is 0. The predicted octanol–water partition coefficient (Wildman–Crippen LogP) is 2.39. The summed E-state index contributed by atoms with van der Waals surface area (Å²) in [5, 5.41) is 0. The van der Waals surface area contributed by atoms with E-state index in [4.69, 9.17) is 5.73 Å². The average Bonchev–Trinajstić information content (AvgIpc) is 2.98. The van der Waals surface area contributed by atoms with Crippen LogP contribution in [0.2, 0.25) is 0 Å². The van der Waals surface area contributed by atoms with E-state index in [2.05, 4.69) is 41.0 Å². The van der Waals surface area contributed by atoms with Crippen LogP contribution in [0.15, 0.2) is 24.3 Å². The van der Waals surface area contributed by atoms with Gasteiger partial charge in [0.1, 0.15) is 0 Å². The van der Waals surface area contributed by atoms with Crippen molar-refractivity contribution in [3.05, 3.63) is 29.8 Å². The minimum Gasteiger partial charge on any atom is -0.369 e. The molecule has 1 aliphatic heterocycles. The van der Waals surface area contributed by atoms with Crippen LogP contribution in [-0.4, -0.2) is 43.2 Å². The van der Waals surface area contributed by atoms with Crippen LogP contribution in [0.25, 0.3) is 0 Å². The molecule has 20 heavy (non-hydrogen) atoms. The molecule has 0 atom stereocenters. The number of nitrogens with zero attached hydrogens (tertiary/aromatic N) is 2. The van der Waals surface area contributed by atoms with E-state index >= 15 is 0 Å². The molecule has 1 saturated carbocycles. The summed E-state index contributed by atoms with van der Waals surface area (Å²) in [7, 11) is 0. The van der Waals surface area contributed by atoms with E-state index in [1.165, 1.54) is 36.9 Å². The van der Waals surface area contributed by atoms with Gasteiger partial charge in [-0.2, -0.15) is 0 Å². The monoisotopic (exact) mass is 273 g/mol. The van der Waals surface area contributed by atoms with Gasteiger partial charge in [0.25, 0.3) is 0 Å². The summed E-state index contributed by atoms with van der Waals surface area (Å²) < 4.78 is 0. The van der Waals surface area contributed by atoms with Gasteiger partial charge in [-0.3, -0.25) is 4.90 Å². The van der Waals surface area contributed by atoms with Gasteiger partial charge in [-0.05, 0) is 37.5 Å². The molecule has 0 amide bonds. The average molecular weight is 273 g/mol. The second-order valence-corrected chi connectivity index (χ2v) is 6.45. The highest BCUT2D eigenvalue weighted by Gasteiger charge is 2.39. The standard InChI is InChI=1S/C17H27N3/c1-15-5-4-6-16(13-15)19-9-11-20(12-10-19)17(14-18)7-2-3-8-17/h4-6,13H,2-3,7-12,14,18H2,1H3. The largest absolute Gasteiger partial charge is 0.369 e. The SMILES string of the molecule is Cc1cccc(N2CCN(C3(CN)CCCC3)CC2)c1. The molecule has 2 N–H and O–H groups in total. The lowest BCUT2D eigenvalue weighted by Gasteiger charge is -2.46. The molecule has 3 heteroatoms. The Kier molecular flexibility index (Phi) is 3.99. The van der Waals surface area contributed by atoms with Gasteiger partial charge in [-0.15, -0.1) is 0 Å². The van der Waals surface area contributed by atoms with Crippen LogP contribution in [0.1, 0.15) is 31.2 Å². The van der Waals surface area contributed by atoms with Crippen molar-refractivity contribution in [3.63, 3.8) is 0 Å². The van der Waals surface area contributed by atoms with Crippen LogP contribution in [0.4, 0.5) is 5.69 Å². The Balaban J connectivity index is 1.65. The molecule has 0 radical (unpaired) electrons. The highest BCUT2D eigenvalue weighted by atomic mass is 15.3. The minimum atomic E-state index is 0.318. The maximum atomic E-state index is 6.11. The molecule has 0 bridgehead atoms. The van der Waals surface area contributed by atoms with Gasteiger partial charge in [0.15, 0.2) is 0 Å². The number of nitrogens with two attached hydrogens (primary N) is 1. The number of anilines is 1. The normalized spacial score (nSPS) is 23.2. The van der Waals surface area contributed by atoms with Crippen LogP contribution in [0.3, 0.4) is 0 Å². The molecule has 0 spiro atoms. The third-order valence-corrected chi connectivity index (χ3v) is 5.23. The number of hydrogen-bond acceptors (Lipinski definition) is 3. The zero-order valence-electron chi connectivity index (χ0n) is 12.6. The van der Waals surface area contributed by atoms with Crippen molar-refractivity contribution in [2.75, 3.05) is 37.6 Å². The lowest BCUT2D eigenvalue weighted by atomic mass is 9.94. The number of rotatable bonds is 3. The smallest absolute Gasteiger partial charge is 0.0369 e. The lowest BCUT2D eigenvalue weighted by molar-refractivity contribution is 0.0921.